The van der Waals surface area contributed by atoms with Crippen LogP contribution in [0.1, 0.15) is 71.1 Å². The van der Waals surface area contributed by atoms with Gasteiger partial charge in [-0.15, -0.1) is 11.3 Å². The number of nitrogens with zero attached hydrogens (tertiary/aromatic N) is 3. The Labute approximate surface area is 235 Å². The lowest BCUT2D eigenvalue weighted by Crippen LogP contribution is -2.55. The number of carbonyl (C=O) groups is 2. The number of halogens is 1. The monoisotopic (exact) mass is 547 g/mol. The molecule has 1 saturated heterocycles. The van der Waals surface area contributed by atoms with Crippen molar-refractivity contribution in [3.05, 3.63) is 92.9 Å². The fourth-order valence-electron chi connectivity index (χ4n) is 5.92. The van der Waals surface area contributed by atoms with Crippen LogP contribution in [0.15, 0.2) is 60.0 Å². The molecule has 0 saturated carbocycles. The molecule has 2 atom stereocenters. The summed E-state index contributed by atoms with van der Waals surface area (Å²) >= 11 is 1.75. The first-order valence-electron chi connectivity index (χ1n) is 14.2. The summed E-state index contributed by atoms with van der Waals surface area (Å²) in [6, 6.07) is 16.9. The van der Waals surface area contributed by atoms with Crippen LogP contribution < -0.4 is 0 Å². The summed E-state index contributed by atoms with van der Waals surface area (Å²) in [6.07, 6.45) is 4.70. The third-order valence-corrected chi connectivity index (χ3v) is 9.10. The van der Waals surface area contributed by atoms with Gasteiger partial charge in [-0.1, -0.05) is 37.6 Å². The van der Waals surface area contributed by atoms with Crippen molar-refractivity contribution in [2.45, 2.75) is 58.0 Å². The molecule has 2 aromatic carbocycles. The highest BCUT2D eigenvalue weighted by molar-refractivity contribution is 7.10. The summed E-state index contributed by atoms with van der Waals surface area (Å²) < 4.78 is 14.1. The molecule has 0 bridgehead atoms. The summed E-state index contributed by atoms with van der Waals surface area (Å²) in [4.78, 5) is 34.0. The molecule has 1 fully saturated rings. The van der Waals surface area contributed by atoms with Gasteiger partial charge in [0.25, 0.3) is 5.91 Å². The van der Waals surface area contributed by atoms with Crippen molar-refractivity contribution in [2.75, 3.05) is 32.7 Å². The quantitative estimate of drug-likeness (QED) is 0.351. The van der Waals surface area contributed by atoms with E-state index in [0.29, 0.717) is 38.2 Å². The molecule has 3 aromatic rings. The minimum atomic E-state index is -0.236. The summed E-state index contributed by atoms with van der Waals surface area (Å²) in [5.41, 5.74) is 4.13. The molecule has 0 unspecified atom stereocenters. The molecule has 2 aliphatic rings. The lowest BCUT2D eigenvalue weighted by Gasteiger charge is -2.41. The second-order valence-corrected chi connectivity index (χ2v) is 11.8. The predicted octanol–water partition coefficient (Wildman–Crippen LogP) is 5.94. The van der Waals surface area contributed by atoms with Crippen LogP contribution >= 0.6 is 11.3 Å². The van der Waals surface area contributed by atoms with Gasteiger partial charge in [-0.2, -0.15) is 0 Å². The van der Waals surface area contributed by atoms with Crippen LogP contribution in [0.2, 0.25) is 0 Å². The standard InChI is InChI=1S/C32H38FN3O2S/c1-3-4-6-24-9-11-25(12-10-24)32(38)36-19-18-35(22-23(36)2)30(37)14-17-34-16-13-29-28(15-20-39-29)31(34)26-7-5-8-27(33)21-26/h5,7-12,15,20-21,23,31H,3-4,6,13-14,16-19,22H2,1-2H3/t23-,31+/m0/s1. The number of hydrogen-bond donors (Lipinski definition) is 0. The smallest absolute Gasteiger partial charge is 0.254 e. The number of thiophene rings is 1. The molecular weight excluding hydrogens is 509 g/mol. The average Bonchev–Trinajstić information content (AvgIpc) is 3.43. The van der Waals surface area contributed by atoms with Gasteiger partial charge in [0, 0.05) is 55.6 Å². The molecule has 206 valence electrons. The van der Waals surface area contributed by atoms with Gasteiger partial charge in [0.05, 0.1) is 6.04 Å². The number of unbranched alkanes of at least 4 members (excludes halogenated alkanes) is 1. The van der Waals surface area contributed by atoms with Gasteiger partial charge in [-0.3, -0.25) is 14.5 Å². The van der Waals surface area contributed by atoms with Crippen molar-refractivity contribution in [3.8, 4) is 0 Å². The Balaban J connectivity index is 1.18. The number of piperazine rings is 1. The first-order chi connectivity index (χ1) is 18.9. The Kier molecular flexibility index (Phi) is 8.78. The van der Waals surface area contributed by atoms with Gasteiger partial charge in [-0.25, -0.2) is 4.39 Å². The number of hydrogen-bond acceptors (Lipinski definition) is 4. The zero-order valence-electron chi connectivity index (χ0n) is 22.9. The molecule has 0 radical (unpaired) electrons. The Morgan fingerprint density at radius 3 is 2.62 bits per heavy atom. The Morgan fingerprint density at radius 2 is 1.87 bits per heavy atom. The van der Waals surface area contributed by atoms with Crippen molar-refractivity contribution >= 4 is 23.2 Å². The number of benzene rings is 2. The van der Waals surface area contributed by atoms with E-state index in [1.807, 2.05) is 34.9 Å². The lowest BCUT2D eigenvalue weighted by molar-refractivity contribution is -0.134. The van der Waals surface area contributed by atoms with E-state index < -0.39 is 0 Å². The summed E-state index contributed by atoms with van der Waals surface area (Å²) in [7, 11) is 0. The SMILES string of the molecule is CCCCc1ccc(C(=O)N2CCN(C(=O)CCN3CCc4sccc4[C@H]3c3cccc(F)c3)C[C@@H]2C)cc1. The molecule has 5 nitrogen and oxygen atoms in total. The minimum Gasteiger partial charge on any atom is -0.339 e. The van der Waals surface area contributed by atoms with E-state index >= 15 is 0 Å². The van der Waals surface area contributed by atoms with Gasteiger partial charge in [0.1, 0.15) is 5.82 Å². The van der Waals surface area contributed by atoms with Crippen molar-refractivity contribution < 1.29 is 14.0 Å². The van der Waals surface area contributed by atoms with Crippen LogP contribution in [0.5, 0.6) is 0 Å². The van der Waals surface area contributed by atoms with E-state index in [9.17, 15) is 14.0 Å². The summed E-state index contributed by atoms with van der Waals surface area (Å²) in [5.74, 6) is -0.0856. The molecular formula is C32H38FN3O2S. The van der Waals surface area contributed by atoms with Gasteiger partial charge < -0.3 is 9.80 Å². The highest BCUT2D eigenvalue weighted by Gasteiger charge is 2.33. The topological polar surface area (TPSA) is 43.9 Å². The fraction of sp³-hybridized carbons (Fsp3) is 0.438. The number of aryl methyl sites for hydroxylation is 1. The molecule has 7 heteroatoms. The molecule has 1 aromatic heterocycles. The fourth-order valence-corrected chi connectivity index (χ4v) is 6.82. The Hall–Kier alpha value is -3.03. The van der Waals surface area contributed by atoms with E-state index in [-0.39, 0.29) is 29.7 Å². The highest BCUT2D eigenvalue weighted by Crippen LogP contribution is 2.38. The first kappa shape index (κ1) is 27.5. The molecule has 3 heterocycles. The number of amides is 2. The zero-order valence-corrected chi connectivity index (χ0v) is 23.8. The molecule has 2 amide bonds. The van der Waals surface area contributed by atoms with Crippen LogP contribution in [-0.2, 0) is 17.6 Å². The molecule has 39 heavy (non-hydrogen) atoms. The van der Waals surface area contributed by atoms with Crippen LogP contribution in [0.4, 0.5) is 4.39 Å². The van der Waals surface area contributed by atoms with Gasteiger partial charge in [0.2, 0.25) is 5.91 Å². The van der Waals surface area contributed by atoms with E-state index in [1.54, 1.807) is 23.5 Å². The Bertz CT molecular complexity index is 1290. The predicted molar refractivity (Wildman–Crippen MR) is 155 cm³/mol. The second-order valence-electron chi connectivity index (χ2n) is 10.8. The van der Waals surface area contributed by atoms with E-state index in [0.717, 1.165) is 37.8 Å². The number of carbonyl (C=O) groups excluding carboxylic acids is 2. The normalized spacial score (nSPS) is 19.7. The van der Waals surface area contributed by atoms with E-state index in [4.69, 9.17) is 0 Å². The van der Waals surface area contributed by atoms with Crippen LogP contribution in [0.3, 0.4) is 0 Å². The maximum Gasteiger partial charge on any atom is 0.254 e. The second kappa shape index (κ2) is 12.4. The summed E-state index contributed by atoms with van der Waals surface area (Å²) in [5, 5.41) is 2.11. The zero-order chi connectivity index (χ0) is 27.4. The molecule has 0 spiro atoms. The third kappa shape index (κ3) is 6.25. The number of fused-ring (bicyclic) bond motifs is 1. The molecule has 0 aliphatic carbocycles. The van der Waals surface area contributed by atoms with Gasteiger partial charge >= 0.3 is 0 Å². The van der Waals surface area contributed by atoms with Gasteiger partial charge in [-0.05, 0) is 78.6 Å². The Morgan fingerprint density at radius 1 is 1.05 bits per heavy atom. The number of rotatable bonds is 8. The van der Waals surface area contributed by atoms with Crippen molar-refractivity contribution in [1.82, 2.24) is 14.7 Å². The third-order valence-electron chi connectivity index (χ3n) is 8.10. The largest absolute Gasteiger partial charge is 0.339 e. The van der Waals surface area contributed by atoms with Crippen LogP contribution in [0.25, 0.3) is 0 Å². The minimum absolute atomic E-state index is 0.0365. The molecule has 2 aliphatic heterocycles. The van der Waals surface area contributed by atoms with Crippen molar-refractivity contribution in [2.24, 2.45) is 0 Å². The van der Waals surface area contributed by atoms with E-state index in [1.165, 1.54) is 22.1 Å². The van der Waals surface area contributed by atoms with Crippen LogP contribution in [-0.4, -0.2) is 65.3 Å². The highest BCUT2D eigenvalue weighted by atomic mass is 32.1. The summed E-state index contributed by atoms with van der Waals surface area (Å²) in [6.45, 7) is 7.30. The van der Waals surface area contributed by atoms with Crippen molar-refractivity contribution in [3.63, 3.8) is 0 Å². The van der Waals surface area contributed by atoms with E-state index in [2.05, 4.69) is 35.4 Å². The van der Waals surface area contributed by atoms with Gasteiger partial charge in [0.15, 0.2) is 0 Å². The lowest BCUT2D eigenvalue weighted by atomic mass is 9.93. The maximum atomic E-state index is 14.1. The first-order valence-corrected chi connectivity index (χ1v) is 15.1. The molecule has 5 rings (SSSR count). The molecule has 0 N–H and O–H groups in total. The van der Waals surface area contributed by atoms with Crippen LogP contribution in [0, 0.1) is 5.82 Å². The maximum absolute atomic E-state index is 14.1. The van der Waals surface area contributed by atoms with Crippen molar-refractivity contribution in [1.29, 1.82) is 0 Å². The average molecular weight is 548 g/mol.